The lowest BCUT2D eigenvalue weighted by Crippen LogP contribution is -2.25. The number of hydrogen-bond donors (Lipinski definition) is 1. The molecule has 2 rings (SSSR count). The molecule has 1 amide bonds. The lowest BCUT2D eigenvalue weighted by molar-refractivity contribution is -0.129. The van der Waals surface area contributed by atoms with Gasteiger partial charge in [0, 0.05) is 16.6 Å². The number of carbonyl (C=O) groups excluding carboxylic acids is 2. The number of hydrogen-bond acceptors (Lipinski definition) is 2. The summed E-state index contributed by atoms with van der Waals surface area (Å²) >= 11 is 3.32. The van der Waals surface area contributed by atoms with Crippen molar-refractivity contribution in [3.8, 4) is 0 Å². The quantitative estimate of drug-likeness (QED) is 0.848. The van der Waals surface area contributed by atoms with Crippen LogP contribution in [0, 0.1) is 5.92 Å². The second kappa shape index (κ2) is 4.78. The van der Waals surface area contributed by atoms with Crippen LogP contribution in [0.2, 0.25) is 0 Å². The van der Waals surface area contributed by atoms with Crippen molar-refractivity contribution >= 4 is 33.3 Å². The highest BCUT2D eigenvalue weighted by Gasteiger charge is 2.30. The molecule has 1 aliphatic carbocycles. The van der Waals surface area contributed by atoms with Crippen molar-refractivity contribution in [1.82, 2.24) is 0 Å². The van der Waals surface area contributed by atoms with E-state index in [1.54, 1.807) is 12.1 Å². The third kappa shape index (κ3) is 2.50. The van der Waals surface area contributed by atoms with Crippen LogP contribution in [-0.2, 0) is 9.59 Å². The van der Waals surface area contributed by atoms with Crippen LogP contribution in [0.25, 0.3) is 0 Å². The first-order valence-electron chi connectivity index (χ1n) is 5.26. The molecule has 0 radical (unpaired) electrons. The van der Waals surface area contributed by atoms with Gasteiger partial charge in [-0.1, -0.05) is 15.9 Å². The van der Waals surface area contributed by atoms with Gasteiger partial charge in [-0.15, -0.1) is 0 Å². The van der Waals surface area contributed by atoms with E-state index in [0.717, 1.165) is 16.6 Å². The predicted molar refractivity (Wildman–Crippen MR) is 65.1 cm³/mol. The van der Waals surface area contributed by atoms with E-state index in [1.807, 2.05) is 12.1 Å². The maximum atomic E-state index is 11.8. The van der Waals surface area contributed by atoms with Gasteiger partial charge in [-0.05, 0) is 37.1 Å². The molecule has 4 heteroatoms. The highest BCUT2D eigenvalue weighted by molar-refractivity contribution is 9.10. The van der Waals surface area contributed by atoms with Crippen LogP contribution in [0.3, 0.4) is 0 Å². The predicted octanol–water partition coefficient (Wildman–Crippen LogP) is 2.76. The van der Waals surface area contributed by atoms with Crippen molar-refractivity contribution in [2.24, 2.45) is 5.92 Å². The molecule has 0 bridgehead atoms. The fourth-order valence-electron chi connectivity index (χ4n) is 1.86. The molecular weight excluding hydrogens is 270 g/mol. The van der Waals surface area contributed by atoms with Crippen LogP contribution < -0.4 is 5.32 Å². The summed E-state index contributed by atoms with van der Waals surface area (Å²) in [6, 6.07) is 7.32. The summed E-state index contributed by atoms with van der Waals surface area (Å²) in [5.74, 6) is -0.553. The van der Waals surface area contributed by atoms with Crippen molar-refractivity contribution < 1.29 is 9.59 Å². The number of ketones is 1. The molecule has 3 nitrogen and oxygen atoms in total. The molecule has 0 heterocycles. The van der Waals surface area contributed by atoms with Crippen LogP contribution in [0.4, 0.5) is 5.69 Å². The van der Waals surface area contributed by atoms with Crippen LogP contribution in [-0.4, -0.2) is 11.7 Å². The van der Waals surface area contributed by atoms with E-state index in [9.17, 15) is 9.59 Å². The van der Waals surface area contributed by atoms with E-state index in [2.05, 4.69) is 21.2 Å². The summed E-state index contributed by atoms with van der Waals surface area (Å²) in [4.78, 5) is 23.2. The van der Waals surface area contributed by atoms with Gasteiger partial charge in [-0.25, -0.2) is 0 Å². The highest BCUT2D eigenvalue weighted by Crippen LogP contribution is 2.23. The zero-order valence-corrected chi connectivity index (χ0v) is 10.3. The van der Waals surface area contributed by atoms with E-state index in [1.165, 1.54) is 0 Å². The molecule has 0 aromatic heterocycles. The Labute approximate surface area is 102 Å². The molecule has 1 fully saturated rings. The first kappa shape index (κ1) is 11.3. The summed E-state index contributed by atoms with van der Waals surface area (Å²) in [7, 11) is 0. The van der Waals surface area contributed by atoms with Gasteiger partial charge in [0.05, 0.1) is 5.92 Å². The van der Waals surface area contributed by atoms with Crippen molar-refractivity contribution in [1.29, 1.82) is 0 Å². The Morgan fingerprint density at radius 1 is 1.31 bits per heavy atom. The van der Waals surface area contributed by atoms with Gasteiger partial charge in [0.1, 0.15) is 5.78 Å². The number of anilines is 1. The van der Waals surface area contributed by atoms with E-state index in [4.69, 9.17) is 0 Å². The van der Waals surface area contributed by atoms with Gasteiger partial charge >= 0.3 is 0 Å². The van der Waals surface area contributed by atoms with E-state index in [0.29, 0.717) is 12.8 Å². The second-order valence-corrected chi connectivity index (χ2v) is 4.82. The topological polar surface area (TPSA) is 46.2 Å². The molecule has 1 atom stereocenters. The summed E-state index contributed by atoms with van der Waals surface area (Å²) < 4.78 is 0.961. The number of benzene rings is 1. The molecule has 0 spiro atoms. The zero-order valence-electron chi connectivity index (χ0n) is 8.70. The Kier molecular flexibility index (Phi) is 3.39. The summed E-state index contributed by atoms with van der Waals surface area (Å²) in [6.07, 6.45) is 2.05. The van der Waals surface area contributed by atoms with Gasteiger partial charge < -0.3 is 5.32 Å². The second-order valence-electron chi connectivity index (χ2n) is 3.91. The van der Waals surface area contributed by atoms with E-state index < -0.39 is 5.92 Å². The standard InChI is InChI=1S/C12H12BrNO2/c13-8-4-6-9(7-5-8)14-12(16)10-2-1-3-11(10)15/h4-7,10H,1-3H2,(H,14,16). The molecule has 1 aromatic rings. The Balaban J connectivity index is 2.02. The minimum atomic E-state index is -0.441. The Bertz CT molecular complexity index is 414. The SMILES string of the molecule is O=C1CCCC1C(=O)Nc1ccc(Br)cc1. The molecule has 1 saturated carbocycles. The average Bonchev–Trinajstić information content (AvgIpc) is 2.68. The normalized spacial score (nSPS) is 19.8. The highest BCUT2D eigenvalue weighted by atomic mass is 79.9. The summed E-state index contributed by atoms with van der Waals surface area (Å²) in [5, 5.41) is 2.76. The molecule has 1 aliphatic rings. The van der Waals surface area contributed by atoms with Crippen molar-refractivity contribution in [2.45, 2.75) is 19.3 Å². The van der Waals surface area contributed by atoms with Crippen molar-refractivity contribution in [2.75, 3.05) is 5.32 Å². The summed E-state index contributed by atoms with van der Waals surface area (Å²) in [5.41, 5.74) is 0.730. The maximum Gasteiger partial charge on any atom is 0.234 e. The Morgan fingerprint density at radius 3 is 2.56 bits per heavy atom. The maximum absolute atomic E-state index is 11.8. The zero-order chi connectivity index (χ0) is 11.5. The van der Waals surface area contributed by atoms with Gasteiger partial charge in [0.15, 0.2) is 0 Å². The molecule has 0 aliphatic heterocycles. The molecule has 1 aromatic carbocycles. The minimum Gasteiger partial charge on any atom is -0.325 e. The largest absolute Gasteiger partial charge is 0.325 e. The third-order valence-corrected chi connectivity index (χ3v) is 3.26. The molecule has 0 saturated heterocycles. The van der Waals surface area contributed by atoms with Crippen LogP contribution in [0.1, 0.15) is 19.3 Å². The van der Waals surface area contributed by atoms with Gasteiger partial charge in [-0.3, -0.25) is 9.59 Å². The van der Waals surface area contributed by atoms with Gasteiger partial charge in [-0.2, -0.15) is 0 Å². The Hall–Kier alpha value is -1.16. The van der Waals surface area contributed by atoms with Crippen LogP contribution in [0.15, 0.2) is 28.7 Å². The van der Waals surface area contributed by atoms with Crippen molar-refractivity contribution in [3.05, 3.63) is 28.7 Å². The molecule has 84 valence electrons. The molecular formula is C12H12BrNO2. The number of rotatable bonds is 2. The smallest absolute Gasteiger partial charge is 0.234 e. The number of Topliss-reactive ketones (excluding diaryl/α,β-unsaturated/α-hetero) is 1. The lowest BCUT2D eigenvalue weighted by atomic mass is 10.1. The van der Waals surface area contributed by atoms with E-state index >= 15 is 0 Å². The molecule has 1 N–H and O–H groups in total. The van der Waals surface area contributed by atoms with E-state index in [-0.39, 0.29) is 11.7 Å². The molecule has 16 heavy (non-hydrogen) atoms. The number of amides is 1. The third-order valence-electron chi connectivity index (χ3n) is 2.73. The first-order valence-corrected chi connectivity index (χ1v) is 6.05. The number of halogens is 1. The van der Waals surface area contributed by atoms with Crippen LogP contribution >= 0.6 is 15.9 Å². The summed E-state index contributed by atoms with van der Waals surface area (Å²) in [6.45, 7) is 0. The van der Waals surface area contributed by atoms with Crippen LogP contribution in [0.5, 0.6) is 0 Å². The number of nitrogens with one attached hydrogen (secondary N) is 1. The van der Waals surface area contributed by atoms with Crippen molar-refractivity contribution in [3.63, 3.8) is 0 Å². The molecule has 1 unspecified atom stereocenters. The Morgan fingerprint density at radius 2 is 2.00 bits per heavy atom. The fourth-order valence-corrected chi connectivity index (χ4v) is 2.12. The van der Waals surface area contributed by atoms with Gasteiger partial charge in [0.25, 0.3) is 0 Å². The average molecular weight is 282 g/mol. The number of carbonyl (C=O) groups is 2. The minimum absolute atomic E-state index is 0.0645. The fraction of sp³-hybridized carbons (Fsp3) is 0.333. The lowest BCUT2D eigenvalue weighted by Gasteiger charge is -2.09. The monoisotopic (exact) mass is 281 g/mol. The van der Waals surface area contributed by atoms with Gasteiger partial charge in [0.2, 0.25) is 5.91 Å². The first-order chi connectivity index (χ1) is 7.66.